The number of ether oxygens (including phenoxy) is 3. The van der Waals surface area contributed by atoms with Gasteiger partial charge in [-0.1, -0.05) is 12.1 Å². The van der Waals surface area contributed by atoms with Crippen molar-refractivity contribution in [2.75, 3.05) is 39.6 Å². The first-order valence-electron chi connectivity index (χ1n) is 12.2. The van der Waals surface area contributed by atoms with Gasteiger partial charge in [0.25, 0.3) is 0 Å². The number of piperidine rings is 1. The SMILES string of the molecule is O=C(CC1COC1)NC1CCC(CCN2CCC(c3cccc4c3OCO4)CC2)CC1. The van der Waals surface area contributed by atoms with Crippen molar-refractivity contribution in [1.29, 1.82) is 0 Å². The lowest BCUT2D eigenvalue weighted by Crippen LogP contribution is -2.41. The maximum atomic E-state index is 12.1. The summed E-state index contributed by atoms with van der Waals surface area (Å²) in [6.07, 6.45) is 9.11. The van der Waals surface area contributed by atoms with Crippen LogP contribution in [0.3, 0.4) is 0 Å². The molecular weight excluding hydrogens is 392 g/mol. The van der Waals surface area contributed by atoms with Gasteiger partial charge in [0.05, 0.1) is 13.2 Å². The molecule has 0 atom stereocenters. The number of likely N-dealkylation sites (tertiary alicyclic amines) is 1. The van der Waals surface area contributed by atoms with E-state index >= 15 is 0 Å². The summed E-state index contributed by atoms with van der Waals surface area (Å²) >= 11 is 0. The normalized spacial score (nSPS) is 27.1. The maximum absolute atomic E-state index is 12.1. The molecule has 0 aromatic heterocycles. The van der Waals surface area contributed by atoms with E-state index in [2.05, 4.69) is 22.3 Å². The molecule has 0 bridgehead atoms. The Bertz CT molecular complexity index is 750. The predicted octanol–water partition coefficient (Wildman–Crippen LogP) is 3.70. The Kier molecular flexibility index (Phi) is 6.65. The Morgan fingerprint density at radius 3 is 2.55 bits per heavy atom. The van der Waals surface area contributed by atoms with E-state index in [1.807, 2.05) is 6.07 Å². The number of hydrogen-bond donors (Lipinski definition) is 1. The molecule has 4 aliphatic rings. The van der Waals surface area contributed by atoms with Gasteiger partial charge in [0.2, 0.25) is 12.7 Å². The van der Waals surface area contributed by atoms with Crippen molar-refractivity contribution in [3.63, 3.8) is 0 Å². The number of carbonyl (C=O) groups is 1. The second-order valence-electron chi connectivity index (χ2n) is 9.88. The molecule has 2 saturated heterocycles. The first-order valence-corrected chi connectivity index (χ1v) is 12.2. The third-order valence-electron chi connectivity index (χ3n) is 7.70. The quantitative estimate of drug-likeness (QED) is 0.718. The molecule has 3 aliphatic heterocycles. The molecule has 31 heavy (non-hydrogen) atoms. The monoisotopic (exact) mass is 428 g/mol. The van der Waals surface area contributed by atoms with Crippen LogP contribution in [0.1, 0.15) is 62.8 Å². The average Bonchev–Trinajstić information content (AvgIpc) is 3.25. The van der Waals surface area contributed by atoms with Crippen LogP contribution in [-0.2, 0) is 9.53 Å². The summed E-state index contributed by atoms with van der Waals surface area (Å²) in [7, 11) is 0. The van der Waals surface area contributed by atoms with Crippen molar-refractivity contribution < 1.29 is 19.0 Å². The number of benzene rings is 1. The fraction of sp³-hybridized carbons (Fsp3) is 0.720. The molecule has 1 aromatic rings. The molecule has 6 nitrogen and oxygen atoms in total. The van der Waals surface area contributed by atoms with E-state index in [1.165, 1.54) is 57.3 Å². The van der Waals surface area contributed by atoms with Gasteiger partial charge < -0.3 is 24.4 Å². The lowest BCUT2D eigenvalue weighted by Gasteiger charge is -2.35. The number of nitrogens with one attached hydrogen (secondary N) is 1. The second-order valence-corrected chi connectivity index (χ2v) is 9.88. The summed E-state index contributed by atoms with van der Waals surface area (Å²) in [5, 5.41) is 3.26. The minimum atomic E-state index is 0.223. The molecule has 3 heterocycles. The van der Waals surface area contributed by atoms with Gasteiger partial charge in [-0.3, -0.25) is 4.79 Å². The first-order chi connectivity index (χ1) is 15.2. The van der Waals surface area contributed by atoms with Crippen molar-refractivity contribution in [2.45, 2.75) is 63.3 Å². The summed E-state index contributed by atoms with van der Waals surface area (Å²) in [5.74, 6) is 3.95. The average molecular weight is 429 g/mol. The van der Waals surface area contributed by atoms with Gasteiger partial charge in [0.15, 0.2) is 11.5 Å². The molecule has 0 radical (unpaired) electrons. The minimum Gasteiger partial charge on any atom is -0.454 e. The van der Waals surface area contributed by atoms with Gasteiger partial charge in [-0.05, 0) is 82.5 Å². The molecule has 1 amide bonds. The zero-order valence-electron chi connectivity index (χ0n) is 18.5. The van der Waals surface area contributed by atoms with Crippen LogP contribution in [0.15, 0.2) is 18.2 Å². The highest BCUT2D eigenvalue weighted by Crippen LogP contribution is 2.42. The zero-order chi connectivity index (χ0) is 21.0. The predicted molar refractivity (Wildman–Crippen MR) is 118 cm³/mol. The van der Waals surface area contributed by atoms with Crippen LogP contribution in [0.4, 0.5) is 0 Å². The highest BCUT2D eigenvalue weighted by atomic mass is 16.7. The molecule has 3 fully saturated rings. The second kappa shape index (κ2) is 9.78. The molecule has 0 unspecified atom stereocenters. The van der Waals surface area contributed by atoms with Gasteiger partial charge in [0.1, 0.15) is 0 Å². The summed E-state index contributed by atoms with van der Waals surface area (Å²) < 4.78 is 16.4. The summed E-state index contributed by atoms with van der Waals surface area (Å²) in [5.41, 5.74) is 1.33. The fourth-order valence-electron chi connectivity index (χ4n) is 5.65. The van der Waals surface area contributed by atoms with E-state index in [-0.39, 0.29) is 5.91 Å². The number of carbonyl (C=O) groups excluding carboxylic acids is 1. The van der Waals surface area contributed by atoms with Crippen LogP contribution in [0.5, 0.6) is 11.5 Å². The molecule has 1 aliphatic carbocycles. The van der Waals surface area contributed by atoms with E-state index in [0.29, 0.717) is 31.1 Å². The van der Waals surface area contributed by atoms with Crippen molar-refractivity contribution in [1.82, 2.24) is 10.2 Å². The van der Waals surface area contributed by atoms with Gasteiger partial charge in [-0.15, -0.1) is 0 Å². The van der Waals surface area contributed by atoms with E-state index in [9.17, 15) is 4.79 Å². The largest absolute Gasteiger partial charge is 0.454 e. The van der Waals surface area contributed by atoms with Gasteiger partial charge in [0, 0.05) is 23.9 Å². The third kappa shape index (κ3) is 5.17. The molecule has 170 valence electrons. The van der Waals surface area contributed by atoms with Crippen LogP contribution in [0, 0.1) is 11.8 Å². The molecule has 6 heteroatoms. The van der Waals surface area contributed by atoms with E-state index in [4.69, 9.17) is 14.2 Å². The maximum Gasteiger partial charge on any atom is 0.231 e. The lowest BCUT2D eigenvalue weighted by atomic mass is 9.83. The highest BCUT2D eigenvalue weighted by molar-refractivity contribution is 5.76. The Morgan fingerprint density at radius 1 is 1.00 bits per heavy atom. The zero-order valence-corrected chi connectivity index (χ0v) is 18.5. The molecule has 1 aromatic carbocycles. The summed E-state index contributed by atoms with van der Waals surface area (Å²) in [4.78, 5) is 14.8. The number of amides is 1. The van der Waals surface area contributed by atoms with Gasteiger partial charge in [-0.2, -0.15) is 0 Å². The molecule has 1 N–H and O–H groups in total. The van der Waals surface area contributed by atoms with Gasteiger partial charge >= 0.3 is 0 Å². The number of para-hydroxylation sites is 1. The Morgan fingerprint density at radius 2 is 1.81 bits per heavy atom. The molecule has 1 saturated carbocycles. The number of hydrogen-bond acceptors (Lipinski definition) is 5. The van der Waals surface area contributed by atoms with Crippen molar-refractivity contribution in [2.24, 2.45) is 11.8 Å². The van der Waals surface area contributed by atoms with Crippen molar-refractivity contribution >= 4 is 5.91 Å². The molecule has 5 rings (SSSR count). The van der Waals surface area contributed by atoms with Crippen LogP contribution < -0.4 is 14.8 Å². The highest BCUT2D eigenvalue weighted by Gasteiger charge is 2.28. The molecular formula is C25H36N2O4. The standard InChI is InChI=1S/C25H36N2O4/c28-24(14-19-15-29-16-19)26-21-6-4-18(5-7-21)8-11-27-12-9-20(10-13-27)22-2-1-3-23-25(22)31-17-30-23/h1-3,18-21H,4-17H2,(H,26,28). The van der Waals surface area contributed by atoms with E-state index < -0.39 is 0 Å². The van der Waals surface area contributed by atoms with Crippen LogP contribution in [0.25, 0.3) is 0 Å². The van der Waals surface area contributed by atoms with Crippen molar-refractivity contribution in [3.05, 3.63) is 23.8 Å². The van der Waals surface area contributed by atoms with Crippen LogP contribution >= 0.6 is 0 Å². The molecule has 0 spiro atoms. The number of fused-ring (bicyclic) bond motifs is 1. The Labute approximate surface area is 185 Å². The lowest BCUT2D eigenvalue weighted by molar-refractivity contribution is -0.127. The minimum absolute atomic E-state index is 0.223. The Hall–Kier alpha value is -1.79. The first kappa shape index (κ1) is 21.1. The van der Waals surface area contributed by atoms with E-state index in [0.717, 1.165) is 43.5 Å². The van der Waals surface area contributed by atoms with E-state index in [1.54, 1.807) is 0 Å². The summed E-state index contributed by atoms with van der Waals surface area (Å²) in [6.45, 7) is 5.42. The summed E-state index contributed by atoms with van der Waals surface area (Å²) in [6, 6.07) is 6.70. The van der Waals surface area contributed by atoms with Crippen LogP contribution in [-0.4, -0.2) is 56.5 Å². The van der Waals surface area contributed by atoms with Crippen molar-refractivity contribution in [3.8, 4) is 11.5 Å². The van der Waals surface area contributed by atoms with Crippen LogP contribution in [0.2, 0.25) is 0 Å². The smallest absolute Gasteiger partial charge is 0.231 e. The van der Waals surface area contributed by atoms with Gasteiger partial charge in [-0.25, -0.2) is 0 Å². The topological polar surface area (TPSA) is 60.0 Å². The fourth-order valence-corrected chi connectivity index (χ4v) is 5.65. The number of nitrogens with zero attached hydrogens (tertiary/aromatic N) is 1. The number of rotatable bonds is 7. The Balaban J connectivity index is 0.995. The third-order valence-corrected chi connectivity index (χ3v) is 7.70.